The molecular weight excluding hydrogens is 232 g/mol. The molecule has 0 unspecified atom stereocenters. The van der Waals surface area contributed by atoms with Gasteiger partial charge in [-0.3, -0.25) is 9.69 Å². The maximum absolute atomic E-state index is 11.8. The third-order valence-corrected chi connectivity index (χ3v) is 3.82. The van der Waals surface area contributed by atoms with E-state index in [0.717, 1.165) is 18.6 Å². The van der Waals surface area contributed by atoms with Crippen LogP contribution >= 0.6 is 0 Å². The van der Waals surface area contributed by atoms with Crippen molar-refractivity contribution in [2.75, 3.05) is 6.54 Å². The number of nitrogens with two attached hydrogens (primary N) is 1. The summed E-state index contributed by atoms with van der Waals surface area (Å²) in [6, 6.07) is 0. The summed E-state index contributed by atoms with van der Waals surface area (Å²) in [6.07, 6.45) is 2.64. The molecule has 2 heterocycles. The van der Waals surface area contributed by atoms with E-state index in [4.69, 9.17) is 10.5 Å². The van der Waals surface area contributed by atoms with Gasteiger partial charge in [0.2, 0.25) is 5.91 Å². The quantitative estimate of drug-likeness (QED) is 0.711. The van der Waals surface area contributed by atoms with Crippen LogP contribution in [0.4, 0.5) is 0 Å². The van der Waals surface area contributed by atoms with Gasteiger partial charge in [0.25, 0.3) is 0 Å². The zero-order valence-corrected chi connectivity index (χ0v) is 11.2. The topological polar surface area (TPSA) is 75.8 Å². The number of rotatable bonds is 5. The van der Waals surface area contributed by atoms with Crippen LogP contribution in [0.2, 0.25) is 0 Å². The minimum Gasteiger partial charge on any atom is -0.471 e. The molecule has 0 spiro atoms. The van der Waals surface area contributed by atoms with Crippen LogP contribution in [0, 0.1) is 11.3 Å². The summed E-state index contributed by atoms with van der Waals surface area (Å²) in [6.45, 7) is 6.45. The highest BCUT2D eigenvalue weighted by Crippen LogP contribution is 2.44. The lowest BCUT2D eigenvalue weighted by molar-refractivity contribution is -0.180. The number of fused-ring (bicyclic) bond motifs is 1. The van der Waals surface area contributed by atoms with Gasteiger partial charge in [0.1, 0.15) is 11.7 Å². The second kappa shape index (κ2) is 4.55. The Morgan fingerprint density at radius 2 is 2.28 bits per heavy atom. The Kier molecular flexibility index (Phi) is 3.38. The van der Waals surface area contributed by atoms with Crippen molar-refractivity contribution in [3.8, 4) is 0 Å². The second-order valence-electron chi connectivity index (χ2n) is 5.79. The minimum atomic E-state index is -0.668. The Bertz CT molecular complexity index is 376. The fourth-order valence-electron chi connectivity index (χ4n) is 2.51. The zero-order chi connectivity index (χ0) is 13.5. The maximum atomic E-state index is 11.8. The number of hydrogen-bond acceptors (Lipinski definition) is 4. The summed E-state index contributed by atoms with van der Waals surface area (Å²) in [5.74, 6) is 0.334. The molecule has 3 atom stereocenters. The van der Waals surface area contributed by atoms with E-state index in [1.165, 1.54) is 0 Å². The van der Waals surface area contributed by atoms with Crippen LogP contribution in [0.1, 0.15) is 33.6 Å². The Morgan fingerprint density at radius 1 is 1.61 bits per heavy atom. The van der Waals surface area contributed by atoms with Crippen molar-refractivity contribution < 1.29 is 14.6 Å². The normalized spacial score (nSPS) is 28.4. The molecule has 1 fully saturated rings. The number of ether oxygens (including phenoxy) is 1. The van der Waals surface area contributed by atoms with E-state index in [9.17, 15) is 9.90 Å². The smallest absolute Gasteiger partial charge is 0.241 e. The third-order valence-electron chi connectivity index (χ3n) is 3.82. The van der Waals surface area contributed by atoms with Gasteiger partial charge >= 0.3 is 0 Å². The van der Waals surface area contributed by atoms with Crippen molar-refractivity contribution in [2.24, 2.45) is 17.1 Å². The number of allylic oxidation sites excluding steroid dienone is 1. The van der Waals surface area contributed by atoms with E-state index in [2.05, 4.69) is 13.8 Å². The van der Waals surface area contributed by atoms with Gasteiger partial charge in [0, 0.05) is 11.6 Å². The Balaban J connectivity index is 2.05. The molecule has 0 aliphatic carbocycles. The van der Waals surface area contributed by atoms with E-state index in [0.29, 0.717) is 6.54 Å². The Hall–Kier alpha value is -1.07. The van der Waals surface area contributed by atoms with Crippen LogP contribution in [-0.2, 0) is 9.53 Å². The largest absolute Gasteiger partial charge is 0.471 e. The molecule has 0 saturated carbocycles. The molecule has 0 aromatic rings. The summed E-state index contributed by atoms with van der Waals surface area (Å²) in [4.78, 5) is 13.4. The van der Waals surface area contributed by atoms with Crippen molar-refractivity contribution in [2.45, 2.75) is 45.9 Å². The summed E-state index contributed by atoms with van der Waals surface area (Å²) >= 11 is 0. The number of nitrogens with zero attached hydrogens (tertiary/aromatic N) is 1. The fourth-order valence-corrected chi connectivity index (χ4v) is 2.51. The average molecular weight is 254 g/mol. The third kappa shape index (κ3) is 2.01. The summed E-state index contributed by atoms with van der Waals surface area (Å²) < 4.78 is 5.83. The second-order valence-corrected chi connectivity index (χ2v) is 5.79. The number of carbonyl (C=O) groups excluding carboxylic acids is 1. The first-order valence-electron chi connectivity index (χ1n) is 6.48. The highest BCUT2D eigenvalue weighted by Gasteiger charge is 2.55. The molecule has 0 radical (unpaired) electrons. The lowest BCUT2D eigenvalue weighted by Gasteiger charge is -2.41. The van der Waals surface area contributed by atoms with Crippen molar-refractivity contribution >= 4 is 5.91 Å². The molecule has 102 valence electrons. The SMILES string of the molecule is C[C@H](O)[C@H]1C(=O)N2C=C(C(C)(C)CCCN)O[C@H]12. The molecule has 0 aromatic carbocycles. The molecule has 2 rings (SSSR count). The highest BCUT2D eigenvalue weighted by molar-refractivity contribution is 5.87. The highest BCUT2D eigenvalue weighted by atomic mass is 16.5. The summed E-state index contributed by atoms with van der Waals surface area (Å²) in [5, 5.41) is 9.55. The standard InChI is InChI=1S/C13H22N2O3/c1-8(16)10-11(17)15-7-9(18-12(10)15)13(2,3)5-4-6-14/h7-8,10,12,16H,4-6,14H2,1-3H3/t8-,10-,12+/m0/s1. The van der Waals surface area contributed by atoms with Crippen molar-refractivity contribution in [1.82, 2.24) is 4.90 Å². The van der Waals surface area contributed by atoms with Crippen LogP contribution in [0.5, 0.6) is 0 Å². The zero-order valence-electron chi connectivity index (χ0n) is 11.2. The van der Waals surface area contributed by atoms with E-state index in [1.54, 1.807) is 18.0 Å². The summed E-state index contributed by atoms with van der Waals surface area (Å²) in [5.41, 5.74) is 5.40. The van der Waals surface area contributed by atoms with E-state index >= 15 is 0 Å². The monoisotopic (exact) mass is 254 g/mol. The predicted octanol–water partition coefficient (Wildman–Crippen LogP) is 0.788. The number of β-lactam (4-membered cyclic amide) rings is 1. The lowest BCUT2D eigenvalue weighted by atomic mass is 9.86. The van der Waals surface area contributed by atoms with Gasteiger partial charge in [-0.2, -0.15) is 0 Å². The van der Waals surface area contributed by atoms with Crippen molar-refractivity contribution in [1.29, 1.82) is 0 Å². The molecule has 1 saturated heterocycles. The van der Waals surface area contributed by atoms with E-state index < -0.39 is 12.0 Å². The lowest BCUT2D eigenvalue weighted by Crippen LogP contribution is -2.60. The first kappa shape index (κ1) is 13.4. The van der Waals surface area contributed by atoms with Gasteiger partial charge < -0.3 is 15.6 Å². The molecule has 0 aromatic heterocycles. The van der Waals surface area contributed by atoms with Crippen LogP contribution in [0.15, 0.2) is 12.0 Å². The molecular formula is C13H22N2O3. The summed E-state index contributed by atoms with van der Waals surface area (Å²) in [7, 11) is 0. The minimum absolute atomic E-state index is 0.0559. The number of carbonyl (C=O) groups is 1. The van der Waals surface area contributed by atoms with Gasteiger partial charge in [-0.05, 0) is 26.3 Å². The van der Waals surface area contributed by atoms with Gasteiger partial charge in [0.05, 0.1) is 6.10 Å². The molecule has 5 heteroatoms. The number of aliphatic hydroxyl groups excluding tert-OH is 1. The molecule has 2 aliphatic rings. The molecule has 1 amide bonds. The number of hydrogen-bond donors (Lipinski definition) is 2. The molecule has 2 aliphatic heterocycles. The van der Waals surface area contributed by atoms with Gasteiger partial charge in [0.15, 0.2) is 6.23 Å². The Labute approximate surface area is 108 Å². The average Bonchev–Trinajstić information content (AvgIpc) is 2.66. The number of amides is 1. The molecule has 3 N–H and O–H groups in total. The number of aliphatic hydroxyl groups is 1. The van der Waals surface area contributed by atoms with Crippen LogP contribution < -0.4 is 5.73 Å². The maximum Gasteiger partial charge on any atom is 0.241 e. The van der Waals surface area contributed by atoms with Gasteiger partial charge in [-0.25, -0.2) is 0 Å². The van der Waals surface area contributed by atoms with Crippen LogP contribution in [0.3, 0.4) is 0 Å². The van der Waals surface area contributed by atoms with Crippen molar-refractivity contribution in [3.63, 3.8) is 0 Å². The van der Waals surface area contributed by atoms with Crippen LogP contribution in [0.25, 0.3) is 0 Å². The molecule has 0 bridgehead atoms. The van der Waals surface area contributed by atoms with Crippen molar-refractivity contribution in [3.05, 3.63) is 12.0 Å². The van der Waals surface area contributed by atoms with Gasteiger partial charge in [-0.15, -0.1) is 0 Å². The molecule has 18 heavy (non-hydrogen) atoms. The van der Waals surface area contributed by atoms with E-state index in [1.807, 2.05) is 0 Å². The first-order valence-corrected chi connectivity index (χ1v) is 6.48. The first-order chi connectivity index (χ1) is 8.38. The predicted molar refractivity (Wildman–Crippen MR) is 67.0 cm³/mol. The van der Waals surface area contributed by atoms with Crippen LogP contribution in [-0.4, -0.2) is 34.8 Å². The Morgan fingerprint density at radius 3 is 2.83 bits per heavy atom. The fraction of sp³-hybridized carbons (Fsp3) is 0.769. The molecule has 5 nitrogen and oxygen atoms in total. The van der Waals surface area contributed by atoms with E-state index in [-0.39, 0.29) is 17.6 Å². The van der Waals surface area contributed by atoms with Gasteiger partial charge in [-0.1, -0.05) is 13.8 Å².